The Kier molecular flexibility index (Phi) is 6.59. The van der Waals surface area contributed by atoms with E-state index in [1.165, 1.54) is 11.3 Å². The highest BCUT2D eigenvalue weighted by Gasteiger charge is 2.08. The van der Waals surface area contributed by atoms with Crippen molar-refractivity contribution >= 4 is 23.4 Å². The third kappa shape index (κ3) is 4.97. The quantitative estimate of drug-likeness (QED) is 0.604. The molecule has 100 valence electrons. The Bertz CT molecular complexity index is 397. The van der Waals surface area contributed by atoms with Crippen LogP contribution in [0.1, 0.15) is 10.4 Å². The van der Waals surface area contributed by atoms with Crippen LogP contribution >= 0.6 is 11.3 Å². The molecule has 0 unspecified atom stereocenters. The predicted molar refractivity (Wildman–Crippen MR) is 70.4 cm³/mol. The standard InChI is InChI=1S/C12H17NO4S/c14-6-4-13(5-7-15)9-11-10(3-8-18-11)1-2-12(16)17/h1-3,8,14-15H,4-7,9H2,(H,16,17)/b2-1+. The van der Waals surface area contributed by atoms with E-state index in [1.54, 1.807) is 6.08 Å². The summed E-state index contributed by atoms with van der Waals surface area (Å²) in [5.74, 6) is -0.977. The Morgan fingerprint density at radius 3 is 2.56 bits per heavy atom. The number of aliphatic carboxylic acids is 1. The fraction of sp³-hybridized carbons (Fsp3) is 0.417. The van der Waals surface area contributed by atoms with Crippen molar-refractivity contribution in [2.24, 2.45) is 0 Å². The average molecular weight is 271 g/mol. The minimum Gasteiger partial charge on any atom is -0.478 e. The largest absolute Gasteiger partial charge is 0.478 e. The molecule has 6 heteroatoms. The molecule has 0 aliphatic heterocycles. The number of hydrogen-bond acceptors (Lipinski definition) is 5. The maximum Gasteiger partial charge on any atom is 0.328 e. The van der Waals surface area contributed by atoms with E-state index in [-0.39, 0.29) is 13.2 Å². The van der Waals surface area contributed by atoms with Crippen LogP contribution in [-0.2, 0) is 11.3 Å². The summed E-state index contributed by atoms with van der Waals surface area (Å²) < 4.78 is 0. The van der Waals surface area contributed by atoms with Crippen LogP contribution in [0.2, 0.25) is 0 Å². The fourth-order valence-electron chi connectivity index (χ4n) is 1.54. The number of carboxylic acid groups (broad SMARTS) is 1. The first-order valence-electron chi connectivity index (χ1n) is 5.58. The summed E-state index contributed by atoms with van der Waals surface area (Å²) in [6.07, 6.45) is 2.66. The highest BCUT2D eigenvalue weighted by Crippen LogP contribution is 2.20. The SMILES string of the molecule is O=C(O)/C=C/c1ccsc1CN(CCO)CCO. The maximum atomic E-state index is 10.5. The Morgan fingerprint density at radius 2 is 2.00 bits per heavy atom. The van der Waals surface area contributed by atoms with Gasteiger partial charge in [0.25, 0.3) is 0 Å². The number of carbonyl (C=O) groups is 1. The van der Waals surface area contributed by atoms with Crippen LogP contribution in [0.25, 0.3) is 6.08 Å². The molecule has 0 aliphatic carbocycles. The maximum absolute atomic E-state index is 10.5. The molecule has 0 fully saturated rings. The van der Waals surface area contributed by atoms with E-state index in [4.69, 9.17) is 15.3 Å². The Hall–Kier alpha value is -1.21. The molecule has 1 aromatic heterocycles. The molecule has 0 saturated heterocycles. The summed E-state index contributed by atoms with van der Waals surface area (Å²) in [7, 11) is 0. The number of aliphatic hydroxyl groups is 2. The van der Waals surface area contributed by atoms with Crippen molar-refractivity contribution in [3.63, 3.8) is 0 Å². The van der Waals surface area contributed by atoms with E-state index in [9.17, 15) is 4.79 Å². The molecule has 1 rings (SSSR count). The fourth-order valence-corrected chi connectivity index (χ4v) is 2.45. The average Bonchev–Trinajstić information content (AvgIpc) is 2.74. The van der Waals surface area contributed by atoms with E-state index >= 15 is 0 Å². The molecule has 0 spiro atoms. The second-order valence-electron chi connectivity index (χ2n) is 3.69. The van der Waals surface area contributed by atoms with E-state index in [0.717, 1.165) is 16.5 Å². The van der Waals surface area contributed by atoms with Crippen molar-refractivity contribution in [1.29, 1.82) is 0 Å². The predicted octanol–water partition coefficient (Wildman–Crippen LogP) is 0.633. The van der Waals surface area contributed by atoms with Gasteiger partial charge < -0.3 is 15.3 Å². The highest BCUT2D eigenvalue weighted by atomic mass is 32.1. The lowest BCUT2D eigenvalue weighted by molar-refractivity contribution is -0.131. The van der Waals surface area contributed by atoms with Crippen molar-refractivity contribution in [2.45, 2.75) is 6.54 Å². The third-order valence-electron chi connectivity index (χ3n) is 2.39. The van der Waals surface area contributed by atoms with Crippen molar-refractivity contribution < 1.29 is 20.1 Å². The second-order valence-corrected chi connectivity index (χ2v) is 4.69. The molecule has 0 aliphatic rings. The molecule has 0 saturated carbocycles. The van der Waals surface area contributed by atoms with Gasteiger partial charge in [-0.25, -0.2) is 4.79 Å². The minimum absolute atomic E-state index is 0.0334. The number of thiophene rings is 1. The molecule has 1 heterocycles. The number of carboxylic acids is 1. The normalized spacial score (nSPS) is 11.5. The zero-order chi connectivity index (χ0) is 13.4. The molecule has 5 nitrogen and oxygen atoms in total. The monoisotopic (exact) mass is 271 g/mol. The Labute approximate surface area is 110 Å². The molecule has 0 aromatic carbocycles. The summed E-state index contributed by atoms with van der Waals surface area (Å²) >= 11 is 1.53. The lowest BCUT2D eigenvalue weighted by atomic mass is 10.2. The van der Waals surface area contributed by atoms with E-state index in [2.05, 4.69) is 0 Å². The van der Waals surface area contributed by atoms with Gasteiger partial charge in [-0.2, -0.15) is 0 Å². The second kappa shape index (κ2) is 7.99. The Balaban J connectivity index is 2.70. The highest BCUT2D eigenvalue weighted by molar-refractivity contribution is 7.10. The summed E-state index contributed by atoms with van der Waals surface area (Å²) in [5.41, 5.74) is 0.864. The minimum atomic E-state index is -0.977. The first-order valence-corrected chi connectivity index (χ1v) is 6.46. The third-order valence-corrected chi connectivity index (χ3v) is 3.31. The van der Waals surface area contributed by atoms with Crippen LogP contribution in [0.5, 0.6) is 0 Å². The molecular formula is C12H17NO4S. The van der Waals surface area contributed by atoms with Gasteiger partial charge in [0, 0.05) is 30.6 Å². The molecule has 18 heavy (non-hydrogen) atoms. The van der Waals surface area contributed by atoms with E-state index in [1.807, 2.05) is 16.3 Å². The zero-order valence-electron chi connectivity index (χ0n) is 9.95. The summed E-state index contributed by atoms with van der Waals surface area (Å²) in [5, 5.41) is 28.3. The lowest BCUT2D eigenvalue weighted by Crippen LogP contribution is -2.29. The van der Waals surface area contributed by atoms with Crippen LogP contribution < -0.4 is 0 Å². The van der Waals surface area contributed by atoms with Gasteiger partial charge in [0.2, 0.25) is 0 Å². The van der Waals surface area contributed by atoms with Crippen LogP contribution in [0.3, 0.4) is 0 Å². The van der Waals surface area contributed by atoms with Gasteiger partial charge in [0.1, 0.15) is 0 Å². The summed E-state index contributed by atoms with van der Waals surface area (Å²) in [6, 6.07) is 1.86. The van der Waals surface area contributed by atoms with Crippen LogP contribution in [0.4, 0.5) is 0 Å². The van der Waals surface area contributed by atoms with Crippen molar-refractivity contribution in [1.82, 2.24) is 4.90 Å². The van der Waals surface area contributed by atoms with Gasteiger partial charge in [0.15, 0.2) is 0 Å². The van der Waals surface area contributed by atoms with E-state index < -0.39 is 5.97 Å². The summed E-state index contributed by atoms with van der Waals surface area (Å²) in [6.45, 7) is 1.64. The van der Waals surface area contributed by atoms with Crippen LogP contribution in [0.15, 0.2) is 17.5 Å². The first-order chi connectivity index (χ1) is 8.67. The van der Waals surface area contributed by atoms with Gasteiger partial charge in [-0.15, -0.1) is 11.3 Å². The Morgan fingerprint density at radius 1 is 1.33 bits per heavy atom. The van der Waals surface area contributed by atoms with Crippen LogP contribution in [0, 0.1) is 0 Å². The van der Waals surface area contributed by atoms with Crippen molar-refractivity contribution in [2.75, 3.05) is 26.3 Å². The first kappa shape index (κ1) is 14.8. The zero-order valence-corrected chi connectivity index (χ0v) is 10.8. The molecule has 0 bridgehead atoms. The smallest absolute Gasteiger partial charge is 0.328 e. The number of nitrogens with zero attached hydrogens (tertiary/aromatic N) is 1. The molecule has 0 radical (unpaired) electrons. The van der Waals surface area contributed by atoms with Crippen LogP contribution in [-0.4, -0.2) is 52.5 Å². The summed E-state index contributed by atoms with van der Waals surface area (Å²) in [4.78, 5) is 13.4. The number of hydrogen-bond donors (Lipinski definition) is 3. The van der Waals surface area contributed by atoms with Crippen molar-refractivity contribution in [3.05, 3.63) is 28.0 Å². The molecule has 1 aromatic rings. The molecule has 0 atom stereocenters. The molecule has 3 N–H and O–H groups in total. The van der Waals surface area contributed by atoms with Gasteiger partial charge in [-0.1, -0.05) is 0 Å². The van der Waals surface area contributed by atoms with Gasteiger partial charge >= 0.3 is 5.97 Å². The number of rotatable bonds is 8. The molecular weight excluding hydrogens is 254 g/mol. The number of aliphatic hydroxyl groups excluding tert-OH is 2. The van der Waals surface area contributed by atoms with Gasteiger partial charge in [-0.05, 0) is 23.1 Å². The molecule has 0 amide bonds. The van der Waals surface area contributed by atoms with Gasteiger partial charge in [0.05, 0.1) is 13.2 Å². The van der Waals surface area contributed by atoms with Crippen molar-refractivity contribution in [3.8, 4) is 0 Å². The van der Waals surface area contributed by atoms with E-state index in [0.29, 0.717) is 19.6 Å². The van der Waals surface area contributed by atoms with Gasteiger partial charge in [-0.3, -0.25) is 4.90 Å². The topological polar surface area (TPSA) is 81.0 Å². The lowest BCUT2D eigenvalue weighted by Gasteiger charge is -2.19.